The van der Waals surface area contributed by atoms with Gasteiger partial charge in [0.2, 0.25) is 0 Å². The molecule has 0 aliphatic rings. The van der Waals surface area contributed by atoms with Crippen LogP contribution in [0.2, 0.25) is 0 Å². The van der Waals surface area contributed by atoms with E-state index >= 15 is 0 Å². The molecule has 0 radical (unpaired) electrons. The number of aliphatic hydroxyl groups is 1. The third-order valence-electron chi connectivity index (χ3n) is 4.00. The topological polar surface area (TPSA) is 71.2 Å². The van der Waals surface area contributed by atoms with E-state index in [0.29, 0.717) is 6.42 Å². The molecule has 126 valence electrons. The largest absolute Gasteiger partial charge is 0.467 e. The minimum atomic E-state index is -0.141. The molecule has 0 amide bonds. The molecule has 6 heteroatoms. The molecule has 2 N–H and O–H groups in total. The van der Waals surface area contributed by atoms with E-state index in [1.807, 2.05) is 30.3 Å². The number of benzene rings is 1. The summed E-state index contributed by atoms with van der Waals surface area (Å²) in [6.07, 6.45) is 3.73. The highest BCUT2D eigenvalue weighted by Crippen LogP contribution is 2.36. The molecular formula is C19H17N3O2S. The molecule has 4 aromatic rings. The maximum absolute atomic E-state index is 9.37. The van der Waals surface area contributed by atoms with Gasteiger partial charge in [-0.2, -0.15) is 0 Å². The molecule has 25 heavy (non-hydrogen) atoms. The Balaban J connectivity index is 1.71. The molecular weight excluding hydrogens is 334 g/mol. The quantitative estimate of drug-likeness (QED) is 0.536. The number of thiophene rings is 1. The summed E-state index contributed by atoms with van der Waals surface area (Å²) in [5.41, 5.74) is 1.16. The number of hydrogen-bond donors (Lipinski definition) is 2. The molecule has 0 saturated carbocycles. The molecule has 5 nitrogen and oxygen atoms in total. The van der Waals surface area contributed by atoms with Gasteiger partial charge in [-0.05, 0) is 30.2 Å². The van der Waals surface area contributed by atoms with Gasteiger partial charge in [-0.15, -0.1) is 11.3 Å². The number of anilines is 1. The van der Waals surface area contributed by atoms with E-state index in [2.05, 4.69) is 33.5 Å². The van der Waals surface area contributed by atoms with E-state index in [1.165, 1.54) is 0 Å². The zero-order valence-electron chi connectivity index (χ0n) is 13.4. The number of aromatic nitrogens is 2. The van der Waals surface area contributed by atoms with Gasteiger partial charge in [0.15, 0.2) is 0 Å². The second kappa shape index (κ2) is 7.04. The predicted molar refractivity (Wildman–Crippen MR) is 99.6 cm³/mol. The summed E-state index contributed by atoms with van der Waals surface area (Å²) < 4.78 is 5.49. The Morgan fingerprint density at radius 3 is 2.76 bits per heavy atom. The molecule has 1 unspecified atom stereocenters. The van der Waals surface area contributed by atoms with Crippen molar-refractivity contribution in [3.8, 4) is 10.4 Å². The minimum Gasteiger partial charge on any atom is -0.467 e. The standard InChI is InChI=1S/C19H17N3O2S/c23-9-8-15(16-7-4-10-24-16)22-18-14-11-17(13-5-2-1-3-6-13)25-19(14)21-12-20-18/h1-7,10-12,15,23H,8-9H2,(H,20,21,22). The molecule has 1 atom stereocenters. The summed E-state index contributed by atoms with van der Waals surface area (Å²) in [6, 6.07) is 15.9. The number of fused-ring (bicyclic) bond motifs is 1. The van der Waals surface area contributed by atoms with Crippen LogP contribution in [0, 0.1) is 0 Å². The van der Waals surface area contributed by atoms with E-state index < -0.39 is 0 Å². The number of furan rings is 1. The van der Waals surface area contributed by atoms with Crippen molar-refractivity contribution in [3.05, 3.63) is 66.9 Å². The number of nitrogens with one attached hydrogen (secondary N) is 1. The first-order valence-electron chi connectivity index (χ1n) is 8.06. The van der Waals surface area contributed by atoms with Gasteiger partial charge in [-0.25, -0.2) is 9.97 Å². The molecule has 0 saturated heterocycles. The van der Waals surface area contributed by atoms with Crippen LogP contribution in [-0.2, 0) is 0 Å². The molecule has 3 aromatic heterocycles. The lowest BCUT2D eigenvalue weighted by Gasteiger charge is -2.16. The minimum absolute atomic E-state index is 0.0610. The Morgan fingerprint density at radius 1 is 1.12 bits per heavy atom. The summed E-state index contributed by atoms with van der Waals surface area (Å²) in [5, 5.41) is 13.7. The van der Waals surface area contributed by atoms with Crippen LogP contribution in [0.15, 0.2) is 65.5 Å². The summed E-state index contributed by atoms with van der Waals surface area (Å²) in [4.78, 5) is 10.9. The Hall–Kier alpha value is -2.70. The van der Waals surface area contributed by atoms with Crippen LogP contribution in [0.5, 0.6) is 0 Å². The van der Waals surface area contributed by atoms with Crippen LogP contribution in [-0.4, -0.2) is 21.7 Å². The molecule has 3 heterocycles. The summed E-state index contributed by atoms with van der Waals surface area (Å²) in [5.74, 6) is 1.53. The average Bonchev–Trinajstić information content (AvgIpc) is 3.32. The van der Waals surface area contributed by atoms with Crippen molar-refractivity contribution in [1.29, 1.82) is 0 Å². The Kier molecular flexibility index (Phi) is 4.45. The number of hydrogen-bond acceptors (Lipinski definition) is 6. The smallest absolute Gasteiger partial charge is 0.138 e. The highest BCUT2D eigenvalue weighted by Gasteiger charge is 2.17. The molecule has 0 spiro atoms. The number of nitrogens with zero attached hydrogens (tertiary/aromatic N) is 2. The van der Waals surface area contributed by atoms with Crippen molar-refractivity contribution >= 4 is 27.4 Å². The Labute approximate surface area is 149 Å². The zero-order valence-corrected chi connectivity index (χ0v) is 14.2. The van der Waals surface area contributed by atoms with E-state index in [1.54, 1.807) is 23.9 Å². The van der Waals surface area contributed by atoms with Crippen LogP contribution >= 0.6 is 11.3 Å². The fourth-order valence-corrected chi connectivity index (χ4v) is 3.79. The third kappa shape index (κ3) is 3.26. The van der Waals surface area contributed by atoms with Crippen LogP contribution in [0.4, 0.5) is 5.82 Å². The lowest BCUT2D eigenvalue weighted by Crippen LogP contribution is -2.13. The number of aliphatic hydroxyl groups excluding tert-OH is 1. The van der Waals surface area contributed by atoms with Crippen molar-refractivity contribution in [1.82, 2.24) is 9.97 Å². The van der Waals surface area contributed by atoms with Crippen LogP contribution in [0.3, 0.4) is 0 Å². The first-order chi connectivity index (χ1) is 12.3. The molecule has 0 aliphatic carbocycles. The predicted octanol–water partition coefficient (Wildman–Crippen LogP) is 4.49. The van der Waals surface area contributed by atoms with Gasteiger partial charge in [0, 0.05) is 11.5 Å². The third-order valence-corrected chi connectivity index (χ3v) is 5.10. The lowest BCUT2D eigenvalue weighted by atomic mass is 10.1. The van der Waals surface area contributed by atoms with Crippen molar-refractivity contribution in [3.63, 3.8) is 0 Å². The van der Waals surface area contributed by atoms with Gasteiger partial charge in [0.25, 0.3) is 0 Å². The molecule has 0 bridgehead atoms. The van der Waals surface area contributed by atoms with Gasteiger partial charge in [-0.3, -0.25) is 0 Å². The van der Waals surface area contributed by atoms with Gasteiger partial charge < -0.3 is 14.8 Å². The normalized spacial score (nSPS) is 12.4. The summed E-state index contributed by atoms with van der Waals surface area (Å²) >= 11 is 1.64. The Morgan fingerprint density at radius 2 is 2.00 bits per heavy atom. The van der Waals surface area contributed by atoms with E-state index in [-0.39, 0.29) is 12.6 Å². The average molecular weight is 351 g/mol. The zero-order chi connectivity index (χ0) is 17.1. The summed E-state index contributed by atoms with van der Waals surface area (Å²) in [6.45, 7) is 0.0610. The fraction of sp³-hybridized carbons (Fsp3) is 0.158. The fourth-order valence-electron chi connectivity index (χ4n) is 2.78. The second-order valence-electron chi connectivity index (χ2n) is 5.64. The van der Waals surface area contributed by atoms with Crippen molar-refractivity contribution in [2.75, 3.05) is 11.9 Å². The monoisotopic (exact) mass is 351 g/mol. The van der Waals surface area contributed by atoms with Crippen molar-refractivity contribution in [2.24, 2.45) is 0 Å². The van der Waals surface area contributed by atoms with E-state index in [9.17, 15) is 5.11 Å². The second-order valence-corrected chi connectivity index (χ2v) is 6.67. The summed E-state index contributed by atoms with van der Waals surface area (Å²) in [7, 11) is 0. The molecule has 1 aromatic carbocycles. The molecule has 0 fully saturated rings. The van der Waals surface area contributed by atoms with Crippen LogP contribution in [0.1, 0.15) is 18.2 Å². The first kappa shape index (κ1) is 15.8. The van der Waals surface area contributed by atoms with Gasteiger partial charge >= 0.3 is 0 Å². The molecule has 4 rings (SSSR count). The Bertz CT molecular complexity index is 951. The lowest BCUT2D eigenvalue weighted by molar-refractivity contribution is 0.273. The highest BCUT2D eigenvalue weighted by molar-refractivity contribution is 7.21. The van der Waals surface area contributed by atoms with Gasteiger partial charge in [-0.1, -0.05) is 30.3 Å². The van der Waals surface area contributed by atoms with Crippen molar-refractivity contribution < 1.29 is 9.52 Å². The van der Waals surface area contributed by atoms with Crippen LogP contribution in [0.25, 0.3) is 20.7 Å². The first-order valence-corrected chi connectivity index (χ1v) is 8.87. The van der Waals surface area contributed by atoms with Crippen LogP contribution < -0.4 is 5.32 Å². The van der Waals surface area contributed by atoms with Gasteiger partial charge in [0.1, 0.15) is 22.7 Å². The van der Waals surface area contributed by atoms with Crippen molar-refractivity contribution in [2.45, 2.75) is 12.5 Å². The highest BCUT2D eigenvalue weighted by atomic mass is 32.1. The van der Waals surface area contributed by atoms with E-state index in [0.717, 1.165) is 32.2 Å². The van der Waals surface area contributed by atoms with Gasteiger partial charge in [0.05, 0.1) is 17.7 Å². The number of rotatable bonds is 6. The van der Waals surface area contributed by atoms with E-state index in [4.69, 9.17) is 4.42 Å². The SMILES string of the molecule is OCCC(Nc1ncnc2sc(-c3ccccc3)cc12)c1ccco1. The maximum Gasteiger partial charge on any atom is 0.138 e. The maximum atomic E-state index is 9.37. The molecule has 0 aliphatic heterocycles.